The van der Waals surface area contributed by atoms with Crippen LogP contribution in [0.25, 0.3) is 0 Å². The van der Waals surface area contributed by atoms with E-state index in [-0.39, 0.29) is 48.3 Å². The summed E-state index contributed by atoms with van der Waals surface area (Å²) in [7, 11) is 1.63. The van der Waals surface area contributed by atoms with E-state index in [2.05, 4.69) is 20.9 Å². The Labute approximate surface area is 188 Å². The van der Waals surface area contributed by atoms with Crippen LogP contribution >= 0.6 is 24.0 Å². The summed E-state index contributed by atoms with van der Waals surface area (Å²) in [6.07, 6.45) is 0.574. The Bertz CT molecular complexity index is 774. The molecule has 0 spiro atoms. The van der Waals surface area contributed by atoms with Crippen LogP contribution in [0.2, 0.25) is 0 Å². The van der Waals surface area contributed by atoms with Gasteiger partial charge in [-0.3, -0.25) is 9.79 Å². The fourth-order valence-electron chi connectivity index (χ4n) is 2.46. The topological polar surface area (TPSA) is 74.8 Å². The molecule has 1 atom stereocenters. The minimum Gasteiger partial charge on any atom is -0.489 e. The molecule has 0 bridgehead atoms. The van der Waals surface area contributed by atoms with E-state index in [1.165, 1.54) is 12.1 Å². The molecule has 0 aromatic heterocycles. The van der Waals surface area contributed by atoms with E-state index in [9.17, 15) is 9.18 Å². The second-order valence-corrected chi connectivity index (χ2v) is 6.17. The van der Waals surface area contributed by atoms with E-state index in [4.69, 9.17) is 4.74 Å². The summed E-state index contributed by atoms with van der Waals surface area (Å²) in [6.45, 7) is 3.04. The van der Waals surface area contributed by atoms with Crippen molar-refractivity contribution in [2.45, 2.75) is 26.0 Å². The minimum absolute atomic E-state index is 0. The van der Waals surface area contributed by atoms with E-state index >= 15 is 0 Å². The lowest BCUT2D eigenvalue weighted by atomic mass is 10.2. The van der Waals surface area contributed by atoms with Crippen LogP contribution < -0.4 is 20.7 Å². The number of ether oxygens (including phenoxy) is 1. The van der Waals surface area contributed by atoms with Crippen LogP contribution in [-0.4, -0.2) is 38.1 Å². The summed E-state index contributed by atoms with van der Waals surface area (Å²) in [6, 6.07) is 15.8. The van der Waals surface area contributed by atoms with Crippen molar-refractivity contribution in [1.29, 1.82) is 0 Å². The summed E-state index contributed by atoms with van der Waals surface area (Å²) in [5, 5.41) is 8.94. The van der Waals surface area contributed by atoms with Crippen LogP contribution in [-0.2, 0) is 11.3 Å². The zero-order valence-corrected chi connectivity index (χ0v) is 19.0. The molecule has 0 heterocycles. The first-order valence-corrected chi connectivity index (χ1v) is 9.28. The molecule has 0 aliphatic heterocycles. The molecule has 158 valence electrons. The predicted octanol–water partition coefficient (Wildman–Crippen LogP) is 3.08. The van der Waals surface area contributed by atoms with Crippen molar-refractivity contribution in [1.82, 2.24) is 16.0 Å². The second kappa shape index (κ2) is 13.8. The Hall–Kier alpha value is -2.36. The number of guanidine groups is 1. The number of carbonyl (C=O) groups excluding carboxylic acids is 1. The Balaban J connectivity index is 0.00000420. The van der Waals surface area contributed by atoms with Gasteiger partial charge in [-0.2, -0.15) is 0 Å². The molecule has 0 radical (unpaired) electrons. The number of aliphatic imine (C=N–C) groups is 1. The Morgan fingerprint density at radius 3 is 2.52 bits per heavy atom. The first-order chi connectivity index (χ1) is 13.6. The monoisotopic (exact) mass is 514 g/mol. The van der Waals surface area contributed by atoms with Crippen LogP contribution in [0, 0.1) is 5.82 Å². The molecule has 2 aromatic rings. The first kappa shape index (κ1) is 24.7. The van der Waals surface area contributed by atoms with Gasteiger partial charge in [0.05, 0.1) is 13.1 Å². The molecule has 0 saturated heterocycles. The molecule has 0 aliphatic carbocycles. The number of amides is 1. The van der Waals surface area contributed by atoms with Crippen molar-refractivity contribution in [3.8, 4) is 5.75 Å². The average Bonchev–Trinajstić information content (AvgIpc) is 2.72. The second-order valence-electron chi connectivity index (χ2n) is 6.17. The lowest BCUT2D eigenvalue weighted by molar-refractivity contribution is -0.120. The Morgan fingerprint density at radius 1 is 1.10 bits per heavy atom. The molecule has 0 aliphatic rings. The molecular weight excluding hydrogens is 486 g/mol. The van der Waals surface area contributed by atoms with Crippen LogP contribution in [0.5, 0.6) is 5.75 Å². The molecule has 0 saturated carbocycles. The van der Waals surface area contributed by atoms with E-state index in [1.54, 1.807) is 19.2 Å². The van der Waals surface area contributed by atoms with Gasteiger partial charge in [0.15, 0.2) is 5.96 Å². The summed E-state index contributed by atoms with van der Waals surface area (Å²) < 4.78 is 19.1. The molecule has 3 N–H and O–H groups in total. The number of hydrogen-bond acceptors (Lipinski definition) is 3. The molecular formula is C21H28FIN4O2. The number of rotatable bonds is 9. The molecule has 0 fully saturated rings. The number of nitrogens with one attached hydrogen (secondary N) is 3. The van der Waals surface area contributed by atoms with Crippen LogP contribution in [0.15, 0.2) is 59.6 Å². The lowest BCUT2D eigenvalue weighted by Gasteiger charge is -2.20. The zero-order valence-electron chi connectivity index (χ0n) is 16.7. The SMILES string of the molecule is CCC(CNC(=NC)NCC(=O)NCc1ccccc1)Oc1cccc(F)c1.I. The molecule has 6 nitrogen and oxygen atoms in total. The summed E-state index contributed by atoms with van der Waals surface area (Å²) >= 11 is 0. The molecule has 29 heavy (non-hydrogen) atoms. The summed E-state index contributed by atoms with van der Waals surface area (Å²) in [4.78, 5) is 16.1. The summed E-state index contributed by atoms with van der Waals surface area (Å²) in [5.74, 6) is 0.516. The third-order valence-corrected chi connectivity index (χ3v) is 4.02. The van der Waals surface area contributed by atoms with Crippen molar-refractivity contribution >= 4 is 35.8 Å². The van der Waals surface area contributed by atoms with Crippen LogP contribution in [0.1, 0.15) is 18.9 Å². The number of benzene rings is 2. The Morgan fingerprint density at radius 2 is 1.86 bits per heavy atom. The predicted molar refractivity (Wildman–Crippen MR) is 124 cm³/mol. The molecule has 1 unspecified atom stereocenters. The van der Waals surface area contributed by atoms with Crippen molar-refractivity contribution in [3.63, 3.8) is 0 Å². The van der Waals surface area contributed by atoms with Crippen molar-refractivity contribution < 1.29 is 13.9 Å². The highest BCUT2D eigenvalue weighted by Gasteiger charge is 2.10. The standard InChI is InChI=1S/C21H27FN4O2.HI/c1-3-18(28-19-11-7-10-17(22)12-19)14-25-21(23-2)26-15-20(27)24-13-16-8-5-4-6-9-16;/h4-12,18H,3,13-15H2,1-2H3,(H,24,27)(H2,23,25,26);1H. The van der Waals surface area contributed by atoms with Crippen molar-refractivity contribution in [2.24, 2.45) is 4.99 Å². The van der Waals surface area contributed by atoms with Gasteiger partial charge in [0, 0.05) is 19.7 Å². The third-order valence-electron chi connectivity index (χ3n) is 4.02. The van der Waals surface area contributed by atoms with Gasteiger partial charge in [0.25, 0.3) is 0 Å². The number of nitrogens with zero attached hydrogens (tertiary/aromatic N) is 1. The van der Waals surface area contributed by atoms with E-state index < -0.39 is 0 Å². The van der Waals surface area contributed by atoms with Crippen LogP contribution in [0.3, 0.4) is 0 Å². The van der Waals surface area contributed by atoms with E-state index in [0.717, 1.165) is 12.0 Å². The fraction of sp³-hybridized carbons (Fsp3) is 0.333. The van der Waals surface area contributed by atoms with E-state index in [0.29, 0.717) is 24.8 Å². The largest absolute Gasteiger partial charge is 0.489 e. The van der Waals surface area contributed by atoms with Crippen molar-refractivity contribution in [2.75, 3.05) is 20.1 Å². The highest BCUT2D eigenvalue weighted by atomic mass is 127. The quantitative estimate of drug-likeness (QED) is 0.273. The first-order valence-electron chi connectivity index (χ1n) is 9.28. The molecule has 8 heteroatoms. The number of hydrogen-bond donors (Lipinski definition) is 3. The zero-order chi connectivity index (χ0) is 20.2. The Kier molecular flexibility index (Phi) is 11.7. The van der Waals surface area contributed by atoms with Gasteiger partial charge in [0.1, 0.15) is 17.7 Å². The lowest BCUT2D eigenvalue weighted by Crippen LogP contribution is -2.45. The molecule has 2 aromatic carbocycles. The fourth-order valence-corrected chi connectivity index (χ4v) is 2.46. The molecule has 2 rings (SSSR count). The van der Waals surface area contributed by atoms with Gasteiger partial charge in [-0.25, -0.2) is 4.39 Å². The van der Waals surface area contributed by atoms with Gasteiger partial charge >= 0.3 is 0 Å². The average molecular weight is 514 g/mol. The smallest absolute Gasteiger partial charge is 0.239 e. The maximum Gasteiger partial charge on any atom is 0.239 e. The highest BCUT2D eigenvalue weighted by Crippen LogP contribution is 2.14. The normalized spacial score (nSPS) is 11.8. The maximum atomic E-state index is 13.3. The number of carbonyl (C=O) groups is 1. The van der Waals surface area contributed by atoms with Crippen molar-refractivity contribution in [3.05, 3.63) is 66.0 Å². The van der Waals surface area contributed by atoms with Gasteiger partial charge in [-0.05, 0) is 24.1 Å². The highest BCUT2D eigenvalue weighted by molar-refractivity contribution is 14.0. The van der Waals surface area contributed by atoms with Gasteiger partial charge in [-0.15, -0.1) is 24.0 Å². The van der Waals surface area contributed by atoms with Gasteiger partial charge in [-0.1, -0.05) is 43.3 Å². The minimum atomic E-state index is -0.334. The van der Waals surface area contributed by atoms with Gasteiger partial charge in [0.2, 0.25) is 5.91 Å². The molecule has 1 amide bonds. The van der Waals surface area contributed by atoms with Crippen LogP contribution in [0.4, 0.5) is 4.39 Å². The third kappa shape index (κ3) is 9.60. The maximum absolute atomic E-state index is 13.3. The van der Waals surface area contributed by atoms with E-state index in [1.807, 2.05) is 37.3 Å². The van der Waals surface area contributed by atoms with Gasteiger partial charge < -0.3 is 20.7 Å². The summed E-state index contributed by atoms with van der Waals surface area (Å²) in [5.41, 5.74) is 1.04. The number of halogens is 2.